The zero-order chi connectivity index (χ0) is 10.8. The molecular weight excluding hydrogens is 194 g/mol. The first-order valence-corrected chi connectivity index (χ1v) is 4.69. The molecule has 76 valence electrons. The van der Waals surface area contributed by atoms with Crippen molar-refractivity contribution in [2.45, 2.75) is 6.92 Å². The largest absolute Gasteiger partial charge is 0.207 e. The van der Waals surface area contributed by atoms with E-state index in [1.54, 1.807) is 18.2 Å². The van der Waals surface area contributed by atoms with Crippen molar-refractivity contribution in [1.82, 2.24) is 0 Å². The van der Waals surface area contributed by atoms with E-state index in [2.05, 4.69) is 0 Å². The molecule has 0 heterocycles. The second kappa shape index (κ2) is 3.81. The smallest absolute Gasteiger partial charge is 0.123 e. The molecule has 0 saturated heterocycles. The summed E-state index contributed by atoms with van der Waals surface area (Å²) in [5, 5.41) is 0. The van der Waals surface area contributed by atoms with Gasteiger partial charge in [0.25, 0.3) is 0 Å². The summed E-state index contributed by atoms with van der Waals surface area (Å²) in [7, 11) is 0. The number of hydrogen-bond donors (Lipinski definition) is 0. The van der Waals surface area contributed by atoms with E-state index >= 15 is 0 Å². The van der Waals surface area contributed by atoms with Crippen molar-refractivity contribution < 1.29 is 8.78 Å². The minimum Gasteiger partial charge on any atom is -0.207 e. The van der Waals surface area contributed by atoms with Crippen molar-refractivity contribution in [3.05, 3.63) is 59.7 Å². The first-order valence-electron chi connectivity index (χ1n) is 4.69. The molecule has 0 amide bonds. The molecular formula is C13H10F2. The van der Waals surface area contributed by atoms with Crippen molar-refractivity contribution in [3.63, 3.8) is 0 Å². The van der Waals surface area contributed by atoms with Crippen LogP contribution >= 0.6 is 0 Å². The van der Waals surface area contributed by atoms with Crippen LogP contribution in [0.5, 0.6) is 0 Å². The van der Waals surface area contributed by atoms with Gasteiger partial charge < -0.3 is 0 Å². The first kappa shape index (κ1) is 9.84. The lowest BCUT2D eigenvalue weighted by atomic mass is 10.0. The molecule has 2 heteroatoms. The summed E-state index contributed by atoms with van der Waals surface area (Å²) in [6, 6.07) is 10.8. The maximum Gasteiger partial charge on any atom is 0.123 e. The summed E-state index contributed by atoms with van der Waals surface area (Å²) in [6.45, 7) is 1.84. The summed E-state index contributed by atoms with van der Waals surface area (Å²) in [6.07, 6.45) is 0. The van der Waals surface area contributed by atoms with E-state index in [0.717, 1.165) is 16.7 Å². The average Bonchev–Trinajstić information content (AvgIpc) is 2.20. The molecule has 0 bridgehead atoms. The van der Waals surface area contributed by atoms with Gasteiger partial charge in [-0.15, -0.1) is 0 Å². The van der Waals surface area contributed by atoms with Gasteiger partial charge in [0, 0.05) is 0 Å². The molecule has 0 aromatic heterocycles. The molecule has 0 aliphatic rings. The summed E-state index contributed by atoms with van der Waals surface area (Å²) in [5.74, 6) is -0.517. The molecule has 0 radical (unpaired) electrons. The second-order valence-corrected chi connectivity index (χ2v) is 3.47. The third-order valence-electron chi connectivity index (χ3n) is 2.34. The number of hydrogen-bond acceptors (Lipinski definition) is 0. The maximum atomic E-state index is 12.9. The minimum atomic E-state index is -0.265. The number of aryl methyl sites for hydroxylation is 1. The molecule has 0 unspecified atom stereocenters. The molecule has 2 rings (SSSR count). The lowest BCUT2D eigenvalue weighted by Crippen LogP contribution is -1.85. The minimum absolute atomic E-state index is 0.252. The quantitative estimate of drug-likeness (QED) is 0.660. The van der Waals surface area contributed by atoms with Crippen molar-refractivity contribution in [1.29, 1.82) is 0 Å². The van der Waals surface area contributed by atoms with Gasteiger partial charge in [-0.1, -0.05) is 18.2 Å². The van der Waals surface area contributed by atoms with Gasteiger partial charge in [0.2, 0.25) is 0 Å². The van der Waals surface area contributed by atoms with Crippen LogP contribution in [-0.2, 0) is 0 Å². The summed E-state index contributed by atoms with van der Waals surface area (Å²) in [5.41, 5.74) is 2.67. The van der Waals surface area contributed by atoms with Gasteiger partial charge in [-0.05, 0) is 47.9 Å². The Kier molecular flexibility index (Phi) is 2.50. The maximum absolute atomic E-state index is 12.9. The number of benzene rings is 2. The Morgan fingerprint density at radius 2 is 1.40 bits per heavy atom. The van der Waals surface area contributed by atoms with Crippen LogP contribution in [0.1, 0.15) is 5.56 Å². The fourth-order valence-electron chi connectivity index (χ4n) is 1.58. The second-order valence-electron chi connectivity index (χ2n) is 3.47. The van der Waals surface area contributed by atoms with Gasteiger partial charge in [-0.2, -0.15) is 0 Å². The van der Waals surface area contributed by atoms with Crippen molar-refractivity contribution in [2.75, 3.05) is 0 Å². The normalized spacial score (nSPS) is 10.3. The highest BCUT2D eigenvalue weighted by Crippen LogP contribution is 2.23. The Bertz CT molecular complexity index is 472. The zero-order valence-corrected chi connectivity index (χ0v) is 8.30. The van der Waals surface area contributed by atoms with Crippen molar-refractivity contribution in [3.8, 4) is 11.1 Å². The molecule has 0 nitrogen and oxygen atoms in total. The topological polar surface area (TPSA) is 0 Å². The molecule has 15 heavy (non-hydrogen) atoms. The Morgan fingerprint density at radius 3 is 2.00 bits per heavy atom. The van der Waals surface area contributed by atoms with Crippen LogP contribution in [0.15, 0.2) is 42.5 Å². The molecule has 0 spiro atoms. The van der Waals surface area contributed by atoms with Gasteiger partial charge in [-0.3, -0.25) is 0 Å². The van der Waals surface area contributed by atoms with E-state index in [1.807, 2.05) is 6.92 Å². The van der Waals surface area contributed by atoms with Crippen LogP contribution in [0.4, 0.5) is 8.78 Å². The Balaban J connectivity index is 2.49. The standard InChI is InChI=1S/C13H10F2/c1-9-8-12(15)6-7-13(9)10-2-4-11(14)5-3-10/h2-8H,1H3. The number of rotatable bonds is 1. The lowest BCUT2D eigenvalue weighted by Gasteiger charge is -2.05. The van der Waals surface area contributed by atoms with Crippen LogP contribution in [0.2, 0.25) is 0 Å². The predicted molar refractivity (Wildman–Crippen MR) is 56.5 cm³/mol. The summed E-state index contributed by atoms with van der Waals surface area (Å²) >= 11 is 0. The molecule has 2 aromatic carbocycles. The molecule has 0 fully saturated rings. The molecule has 0 aliphatic carbocycles. The molecule has 0 N–H and O–H groups in total. The third kappa shape index (κ3) is 2.04. The fraction of sp³-hybridized carbons (Fsp3) is 0.0769. The van der Waals surface area contributed by atoms with E-state index < -0.39 is 0 Å². The van der Waals surface area contributed by atoms with Crippen LogP contribution in [0.25, 0.3) is 11.1 Å². The Hall–Kier alpha value is -1.70. The monoisotopic (exact) mass is 204 g/mol. The predicted octanol–water partition coefficient (Wildman–Crippen LogP) is 3.94. The first-order chi connectivity index (χ1) is 7.16. The number of halogens is 2. The average molecular weight is 204 g/mol. The molecule has 0 aliphatic heterocycles. The van der Waals surface area contributed by atoms with Crippen LogP contribution < -0.4 is 0 Å². The van der Waals surface area contributed by atoms with E-state index in [-0.39, 0.29) is 11.6 Å². The van der Waals surface area contributed by atoms with E-state index in [4.69, 9.17) is 0 Å². The molecule has 2 aromatic rings. The van der Waals surface area contributed by atoms with Crippen LogP contribution in [0, 0.1) is 18.6 Å². The van der Waals surface area contributed by atoms with Crippen molar-refractivity contribution in [2.24, 2.45) is 0 Å². The van der Waals surface area contributed by atoms with E-state index in [1.165, 1.54) is 24.3 Å². The fourth-order valence-corrected chi connectivity index (χ4v) is 1.58. The van der Waals surface area contributed by atoms with Crippen LogP contribution in [0.3, 0.4) is 0 Å². The Labute approximate surface area is 87.2 Å². The van der Waals surface area contributed by atoms with Gasteiger partial charge in [-0.25, -0.2) is 8.78 Å². The Morgan fingerprint density at radius 1 is 0.800 bits per heavy atom. The third-order valence-corrected chi connectivity index (χ3v) is 2.34. The van der Waals surface area contributed by atoms with Gasteiger partial charge in [0.15, 0.2) is 0 Å². The highest BCUT2D eigenvalue weighted by molar-refractivity contribution is 5.66. The van der Waals surface area contributed by atoms with Crippen LogP contribution in [-0.4, -0.2) is 0 Å². The summed E-state index contributed by atoms with van der Waals surface area (Å²) in [4.78, 5) is 0. The lowest BCUT2D eigenvalue weighted by molar-refractivity contribution is 0.626. The highest BCUT2D eigenvalue weighted by Gasteiger charge is 2.02. The van der Waals surface area contributed by atoms with Gasteiger partial charge in [0.1, 0.15) is 11.6 Å². The van der Waals surface area contributed by atoms with Gasteiger partial charge >= 0.3 is 0 Å². The van der Waals surface area contributed by atoms with E-state index in [0.29, 0.717) is 0 Å². The zero-order valence-electron chi connectivity index (χ0n) is 8.30. The summed E-state index contributed by atoms with van der Waals surface area (Å²) < 4.78 is 25.6. The SMILES string of the molecule is Cc1cc(F)ccc1-c1ccc(F)cc1. The van der Waals surface area contributed by atoms with E-state index in [9.17, 15) is 8.78 Å². The highest BCUT2D eigenvalue weighted by atomic mass is 19.1. The molecule has 0 atom stereocenters. The van der Waals surface area contributed by atoms with Gasteiger partial charge in [0.05, 0.1) is 0 Å². The molecule has 0 saturated carbocycles. The van der Waals surface area contributed by atoms with Crippen molar-refractivity contribution >= 4 is 0 Å².